The molecule has 1 aliphatic heterocycles. The van der Waals surface area contributed by atoms with Crippen LogP contribution in [0.4, 0.5) is 10.5 Å². The topological polar surface area (TPSA) is 89.8 Å². The van der Waals surface area contributed by atoms with Gasteiger partial charge in [0.2, 0.25) is 0 Å². The minimum absolute atomic E-state index is 0.0528. The SMILES string of the molecule is COCCN1C(=O)SC(=Cc2ccc(Sc3ccc(C)cc3)c([N+](=O)[O-])c2)C1=O. The zero-order valence-electron chi connectivity index (χ0n) is 15.8. The third-order valence-corrected chi connectivity index (χ3v) is 6.10. The van der Waals surface area contributed by atoms with Gasteiger partial charge in [-0.15, -0.1) is 0 Å². The summed E-state index contributed by atoms with van der Waals surface area (Å²) < 4.78 is 4.91. The van der Waals surface area contributed by atoms with Crippen LogP contribution < -0.4 is 0 Å². The number of nitrogens with zero attached hydrogens (tertiary/aromatic N) is 2. The van der Waals surface area contributed by atoms with E-state index in [9.17, 15) is 19.7 Å². The minimum atomic E-state index is -0.446. The second kappa shape index (κ2) is 9.25. The van der Waals surface area contributed by atoms with Crippen LogP contribution in [0.1, 0.15) is 11.1 Å². The van der Waals surface area contributed by atoms with Crippen LogP contribution in [0.2, 0.25) is 0 Å². The van der Waals surface area contributed by atoms with Gasteiger partial charge in [0.15, 0.2) is 0 Å². The molecule has 0 spiro atoms. The lowest BCUT2D eigenvalue weighted by atomic mass is 10.2. The number of benzene rings is 2. The summed E-state index contributed by atoms with van der Waals surface area (Å²) in [5.41, 5.74) is 1.55. The zero-order chi connectivity index (χ0) is 21.0. The van der Waals surface area contributed by atoms with Crippen LogP contribution in [0.5, 0.6) is 0 Å². The van der Waals surface area contributed by atoms with Gasteiger partial charge in [-0.3, -0.25) is 24.6 Å². The quantitative estimate of drug-likeness (QED) is 0.356. The molecule has 0 radical (unpaired) electrons. The van der Waals surface area contributed by atoms with Gasteiger partial charge in [-0.05, 0) is 48.5 Å². The van der Waals surface area contributed by atoms with E-state index in [0.29, 0.717) is 10.5 Å². The lowest BCUT2D eigenvalue weighted by Crippen LogP contribution is -2.31. The molecule has 2 amide bonds. The number of nitro groups is 1. The fraction of sp³-hybridized carbons (Fsp3) is 0.200. The Hall–Kier alpha value is -2.62. The average molecular weight is 431 g/mol. The van der Waals surface area contributed by atoms with E-state index in [1.807, 2.05) is 31.2 Å². The fourth-order valence-corrected chi connectivity index (χ4v) is 4.38. The first kappa shape index (κ1) is 21.1. The van der Waals surface area contributed by atoms with E-state index < -0.39 is 10.8 Å². The summed E-state index contributed by atoms with van der Waals surface area (Å²) in [6.07, 6.45) is 1.50. The number of carbonyl (C=O) groups excluding carboxylic acids is 2. The second-order valence-corrected chi connectivity index (χ2v) is 8.33. The van der Waals surface area contributed by atoms with E-state index in [1.165, 1.54) is 31.0 Å². The molecule has 0 aromatic heterocycles. The van der Waals surface area contributed by atoms with Crippen molar-refractivity contribution in [1.29, 1.82) is 0 Å². The molecule has 1 aliphatic rings. The second-order valence-electron chi connectivity index (χ2n) is 6.23. The van der Waals surface area contributed by atoms with Gasteiger partial charge in [-0.25, -0.2) is 0 Å². The smallest absolute Gasteiger partial charge is 0.293 e. The van der Waals surface area contributed by atoms with Crippen LogP contribution >= 0.6 is 23.5 Å². The molecule has 1 saturated heterocycles. The lowest BCUT2D eigenvalue weighted by molar-refractivity contribution is -0.387. The Balaban J connectivity index is 1.86. The maximum absolute atomic E-state index is 12.4. The van der Waals surface area contributed by atoms with Crippen molar-refractivity contribution in [2.24, 2.45) is 0 Å². The summed E-state index contributed by atoms with van der Waals surface area (Å²) in [5.74, 6) is -0.419. The first-order valence-electron chi connectivity index (χ1n) is 8.66. The van der Waals surface area contributed by atoms with Crippen LogP contribution in [0.3, 0.4) is 0 Å². The number of nitro benzene ring substituents is 1. The van der Waals surface area contributed by atoms with Crippen molar-refractivity contribution in [3.8, 4) is 0 Å². The first-order valence-corrected chi connectivity index (χ1v) is 10.3. The third-order valence-electron chi connectivity index (χ3n) is 4.12. The molecule has 0 atom stereocenters. The molecule has 150 valence electrons. The summed E-state index contributed by atoms with van der Waals surface area (Å²) >= 11 is 2.12. The Bertz CT molecular complexity index is 989. The molecule has 0 N–H and O–H groups in total. The summed E-state index contributed by atoms with van der Waals surface area (Å²) in [5, 5.41) is 11.2. The molecule has 3 rings (SSSR count). The number of aryl methyl sites for hydroxylation is 1. The fourth-order valence-electron chi connectivity index (χ4n) is 2.61. The molecule has 1 fully saturated rings. The minimum Gasteiger partial charge on any atom is -0.383 e. The molecule has 2 aromatic carbocycles. The molecule has 7 nitrogen and oxygen atoms in total. The van der Waals surface area contributed by atoms with Crippen LogP contribution in [-0.2, 0) is 9.53 Å². The highest BCUT2D eigenvalue weighted by molar-refractivity contribution is 8.18. The Morgan fingerprint density at radius 1 is 1.21 bits per heavy atom. The molecule has 9 heteroatoms. The zero-order valence-corrected chi connectivity index (χ0v) is 17.4. The van der Waals surface area contributed by atoms with Crippen molar-refractivity contribution in [3.05, 3.63) is 68.6 Å². The summed E-state index contributed by atoms with van der Waals surface area (Å²) in [4.78, 5) is 38.3. The molecule has 1 heterocycles. The summed E-state index contributed by atoms with van der Waals surface area (Å²) in [6.45, 7) is 2.40. The summed E-state index contributed by atoms with van der Waals surface area (Å²) in [7, 11) is 1.49. The van der Waals surface area contributed by atoms with Gasteiger partial charge in [0.25, 0.3) is 16.8 Å². The molecule has 0 unspecified atom stereocenters. The van der Waals surface area contributed by atoms with Crippen molar-refractivity contribution in [2.45, 2.75) is 16.7 Å². The number of ether oxygens (including phenoxy) is 1. The van der Waals surface area contributed by atoms with Crippen LogP contribution in [-0.4, -0.2) is 41.2 Å². The predicted molar refractivity (Wildman–Crippen MR) is 113 cm³/mol. The number of rotatable bonds is 7. The highest BCUT2D eigenvalue weighted by atomic mass is 32.2. The normalized spacial score (nSPS) is 15.4. The van der Waals surface area contributed by atoms with Crippen LogP contribution in [0, 0.1) is 17.0 Å². The summed E-state index contributed by atoms with van der Waals surface area (Å²) in [6, 6.07) is 12.5. The Morgan fingerprint density at radius 2 is 1.93 bits per heavy atom. The highest BCUT2D eigenvalue weighted by Gasteiger charge is 2.34. The number of hydrogen-bond donors (Lipinski definition) is 0. The molecule has 29 heavy (non-hydrogen) atoms. The van der Waals surface area contributed by atoms with Crippen molar-refractivity contribution in [2.75, 3.05) is 20.3 Å². The molecular weight excluding hydrogens is 412 g/mol. The number of hydrogen-bond acceptors (Lipinski definition) is 7. The maximum Gasteiger partial charge on any atom is 0.293 e. The maximum atomic E-state index is 12.4. The van der Waals surface area contributed by atoms with Gasteiger partial charge in [0, 0.05) is 18.1 Å². The molecule has 0 saturated carbocycles. The van der Waals surface area contributed by atoms with Gasteiger partial charge in [0.1, 0.15) is 0 Å². The predicted octanol–water partition coefficient (Wildman–Crippen LogP) is 4.74. The van der Waals surface area contributed by atoms with Crippen LogP contribution in [0.15, 0.2) is 57.2 Å². The van der Waals surface area contributed by atoms with Gasteiger partial charge in [0.05, 0.1) is 27.9 Å². The van der Waals surface area contributed by atoms with Gasteiger partial charge >= 0.3 is 0 Å². The first-order chi connectivity index (χ1) is 13.9. The van der Waals surface area contributed by atoms with Gasteiger partial charge < -0.3 is 4.74 Å². The average Bonchev–Trinajstić information content (AvgIpc) is 2.95. The third kappa shape index (κ3) is 5.06. The van der Waals surface area contributed by atoms with Crippen molar-refractivity contribution in [1.82, 2.24) is 4.90 Å². The number of amides is 2. The molecule has 0 bridgehead atoms. The van der Waals surface area contributed by atoms with E-state index in [2.05, 4.69) is 0 Å². The molecule has 0 aliphatic carbocycles. The van der Waals surface area contributed by atoms with Crippen molar-refractivity contribution < 1.29 is 19.2 Å². The number of methoxy groups -OCH3 is 1. The van der Waals surface area contributed by atoms with Crippen LogP contribution in [0.25, 0.3) is 6.08 Å². The van der Waals surface area contributed by atoms with E-state index in [1.54, 1.807) is 12.1 Å². The van der Waals surface area contributed by atoms with E-state index in [4.69, 9.17) is 4.74 Å². The van der Waals surface area contributed by atoms with E-state index >= 15 is 0 Å². The van der Waals surface area contributed by atoms with Gasteiger partial charge in [-0.1, -0.05) is 35.5 Å². The van der Waals surface area contributed by atoms with Crippen molar-refractivity contribution in [3.63, 3.8) is 0 Å². The Morgan fingerprint density at radius 3 is 2.59 bits per heavy atom. The van der Waals surface area contributed by atoms with Crippen molar-refractivity contribution >= 4 is 46.4 Å². The monoisotopic (exact) mass is 430 g/mol. The number of thioether (sulfide) groups is 1. The van der Waals surface area contributed by atoms with E-state index in [-0.39, 0.29) is 29.0 Å². The highest BCUT2D eigenvalue weighted by Crippen LogP contribution is 2.37. The molecular formula is C20H18N2O5S2. The Kier molecular flexibility index (Phi) is 6.73. The number of imide groups is 1. The molecule has 2 aromatic rings. The standard InChI is InChI=1S/C20H18N2O5S2/c1-13-3-6-15(7-4-13)28-17-8-5-14(11-16(17)22(25)26)12-18-19(23)21(9-10-27-2)20(24)29-18/h3-8,11-12H,9-10H2,1-2H3. The lowest BCUT2D eigenvalue weighted by Gasteiger charge is -2.10. The van der Waals surface area contributed by atoms with E-state index in [0.717, 1.165) is 27.1 Å². The Labute approximate surface area is 176 Å². The number of carbonyl (C=O) groups is 2. The van der Waals surface area contributed by atoms with Gasteiger partial charge in [-0.2, -0.15) is 0 Å². The largest absolute Gasteiger partial charge is 0.383 e.